The van der Waals surface area contributed by atoms with Gasteiger partial charge in [0.25, 0.3) is 0 Å². The molecule has 1 heterocycles. The van der Waals surface area contributed by atoms with Gasteiger partial charge in [-0.25, -0.2) is 0 Å². The van der Waals surface area contributed by atoms with E-state index in [4.69, 9.17) is 10.8 Å². The molecule has 142 valence electrons. The van der Waals surface area contributed by atoms with Gasteiger partial charge in [0, 0.05) is 7.05 Å². The van der Waals surface area contributed by atoms with Gasteiger partial charge >= 0.3 is 5.97 Å². The maximum absolute atomic E-state index is 10.7. The first kappa shape index (κ1) is 20.3. The molecule has 0 radical (unpaired) electrons. The van der Waals surface area contributed by atoms with Gasteiger partial charge < -0.3 is 15.4 Å². The van der Waals surface area contributed by atoms with Crippen LogP contribution in [-0.4, -0.2) is 31.9 Å². The molecule has 6 heteroatoms. The van der Waals surface area contributed by atoms with Crippen LogP contribution in [0.25, 0.3) is 11.1 Å². The van der Waals surface area contributed by atoms with E-state index >= 15 is 0 Å². The van der Waals surface area contributed by atoms with E-state index in [-0.39, 0.29) is 0 Å². The molecule has 0 aliphatic rings. The smallest absolute Gasteiger partial charge is 0.320 e. The molecule has 0 saturated carbocycles. The van der Waals surface area contributed by atoms with Crippen LogP contribution in [0.1, 0.15) is 23.9 Å². The van der Waals surface area contributed by atoms with Crippen LogP contribution in [-0.2, 0) is 24.7 Å². The normalized spacial score (nSPS) is 11.4. The molecule has 1 atom stereocenters. The van der Waals surface area contributed by atoms with E-state index in [1.165, 1.54) is 5.56 Å². The highest BCUT2D eigenvalue weighted by Gasteiger charge is 2.11. The van der Waals surface area contributed by atoms with Gasteiger partial charge in [0.2, 0.25) is 0 Å². The zero-order valence-corrected chi connectivity index (χ0v) is 16.0. The Balaban J connectivity index is 0.000000313. The number of aryl methyl sites for hydroxylation is 3. The third kappa shape index (κ3) is 6.04. The minimum absolute atomic E-state index is 0.352. The number of rotatable bonds is 5. The molecule has 0 amide bonds. The summed E-state index contributed by atoms with van der Waals surface area (Å²) < 4.78 is 1.86. The molecular formula is C21H26N4O2. The molecule has 1 unspecified atom stereocenters. The number of nitrogens with zero attached hydrogens (tertiary/aromatic N) is 3. The maximum Gasteiger partial charge on any atom is 0.320 e. The van der Waals surface area contributed by atoms with E-state index in [1.807, 2.05) is 42.8 Å². The minimum Gasteiger partial charge on any atom is -0.480 e. The molecule has 0 saturated heterocycles. The van der Waals surface area contributed by atoms with Crippen LogP contribution >= 0.6 is 0 Å². The molecule has 1 aromatic heterocycles. The largest absolute Gasteiger partial charge is 0.480 e. The van der Waals surface area contributed by atoms with Crippen molar-refractivity contribution in [2.45, 2.75) is 32.7 Å². The number of aliphatic carboxylic acids is 1. The Hall–Kier alpha value is -2.99. The monoisotopic (exact) mass is 366 g/mol. The fourth-order valence-corrected chi connectivity index (χ4v) is 2.45. The first-order valence-electron chi connectivity index (χ1n) is 8.88. The van der Waals surface area contributed by atoms with Crippen LogP contribution in [0.5, 0.6) is 0 Å². The molecule has 0 spiro atoms. The van der Waals surface area contributed by atoms with Gasteiger partial charge in [-0.3, -0.25) is 4.79 Å². The quantitative estimate of drug-likeness (QED) is 0.724. The molecule has 0 bridgehead atoms. The Morgan fingerprint density at radius 3 is 1.93 bits per heavy atom. The van der Waals surface area contributed by atoms with Crippen molar-refractivity contribution in [1.29, 1.82) is 0 Å². The maximum atomic E-state index is 10.7. The van der Waals surface area contributed by atoms with Crippen LogP contribution in [0.4, 0.5) is 0 Å². The second-order valence-electron chi connectivity index (χ2n) is 6.39. The SMILES string of the molecule is CCc1ccc(-c2ccc(CC(N)C(=O)O)cc2)cc1.Cc1nncn1C. The zero-order chi connectivity index (χ0) is 19.8. The summed E-state index contributed by atoms with van der Waals surface area (Å²) in [6.07, 6.45) is 3.06. The number of hydrogen-bond acceptors (Lipinski definition) is 4. The lowest BCUT2D eigenvalue weighted by atomic mass is 10.00. The summed E-state index contributed by atoms with van der Waals surface area (Å²) in [5, 5.41) is 16.2. The second-order valence-corrected chi connectivity index (χ2v) is 6.39. The molecule has 0 aliphatic carbocycles. The van der Waals surface area contributed by atoms with Crippen LogP contribution in [0.15, 0.2) is 54.9 Å². The number of benzene rings is 2. The van der Waals surface area contributed by atoms with Crippen molar-refractivity contribution in [3.05, 3.63) is 71.8 Å². The van der Waals surface area contributed by atoms with Gasteiger partial charge in [-0.15, -0.1) is 10.2 Å². The Labute approximate surface area is 159 Å². The standard InChI is InChI=1S/C17H19NO2.C4H7N3/c1-2-12-3-7-14(8-4-12)15-9-5-13(6-10-15)11-16(18)17(19)20;1-4-6-5-3-7(4)2/h3-10,16H,2,11,18H2,1H3,(H,19,20);3H,1-2H3. The Morgan fingerprint density at radius 1 is 1.07 bits per heavy atom. The molecule has 6 nitrogen and oxygen atoms in total. The minimum atomic E-state index is -0.968. The fourth-order valence-electron chi connectivity index (χ4n) is 2.45. The van der Waals surface area contributed by atoms with Crippen molar-refractivity contribution < 1.29 is 9.90 Å². The zero-order valence-electron chi connectivity index (χ0n) is 16.0. The highest BCUT2D eigenvalue weighted by atomic mass is 16.4. The van der Waals surface area contributed by atoms with Crippen LogP contribution in [0, 0.1) is 6.92 Å². The Kier molecular flexibility index (Phi) is 7.25. The summed E-state index contributed by atoms with van der Waals surface area (Å²) in [6, 6.07) is 15.5. The van der Waals surface area contributed by atoms with Gasteiger partial charge in [-0.2, -0.15) is 0 Å². The predicted molar refractivity (Wildman–Crippen MR) is 106 cm³/mol. The van der Waals surface area contributed by atoms with Crippen LogP contribution < -0.4 is 5.73 Å². The van der Waals surface area contributed by atoms with Gasteiger partial charge in [0.05, 0.1) is 0 Å². The number of carboxylic acid groups (broad SMARTS) is 1. The molecule has 3 rings (SSSR count). The number of hydrogen-bond donors (Lipinski definition) is 2. The molecule has 0 aliphatic heterocycles. The lowest BCUT2D eigenvalue weighted by Gasteiger charge is -2.08. The molecule has 3 N–H and O–H groups in total. The Morgan fingerprint density at radius 2 is 1.59 bits per heavy atom. The first-order chi connectivity index (χ1) is 12.9. The van der Waals surface area contributed by atoms with Crippen molar-refractivity contribution in [1.82, 2.24) is 14.8 Å². The fraction of sp³-hybridized carbons (Fsp3) is 0.286. The number of carbonyl (C=O) groups is 1. The topological polar surface area (TPSA) is 94.0 Å². The van der Waals surface area contributed by atoms with Crippen LogP contribution in [0.3, 0.4) is 0 Å². The summed E-state index contributed by atoms with van der Waals surface area (Å²) in [7, 11) is 1.91. The van der Waals surface area contributed by atoms with Crippen molar-refractivity contribution in [2.75, 3.05) is 0 Å². The molecule has 0 fully saturated rings. The summed E-state index contributed by atoms with van der Waals surface area (Å²) in [5.41, 5.74) is 10.1. The van der Waals surface area contributed by atoms with E-state index in [0.717, 1.165) is 28.9 Å². The summed E-state index contributed by atoms with van der Waals surface area (Å²) >= 11 is 0. The molecular weight excluding hydrogens is 340 g/mol. The Bertz CT molecular complexity index is 838. The van der Waals surface area contributed by atoms with Gasteiger partial charge in [-0.05, 0) is 42.0 Å². The number of nitrogens with two attached hydrogens (primary N) is 1. The number of aromatic nitrogens is 3. The van der Waals surface area contributed by atoms with E-state index in [2.05, 4.69) is 41.4 Å². The van der Waals surface area contributed by atoms with E-state index in [0.29, 0.717) is 6.42 Å². The third-order valence-corrected chi connectivity index (χ3v) is 4.36. The molecule has 27 heavy (non-hydrogen) atoms. The highest BCUT2D eigenvalue weighted by molar-refractivity contribution is 5.73. The average Bonchev–Trinajstić information content (AvgIpc) is 3.05. The second kappa shape index (κ2) is 9.64. The molecule has 2 aromatic carbocycles. The number of carboxylic acids is 1. The van der Waals surface area contributed by atoms with Crippen molar-refractivity contribution >= 4 is 5.97 Å². The van der Waals surface area contributed by atoms with Gasteiger partial charge in [0.15, 0.2) is 0 Å². The lowest BCUT2D eigenvalue weighted by molar-refractivity contribution is -0.138. The van der Waals surface area contributed by atoms with Crippen molar-refractivity contribution in [3.8, 4) is 11.1 Å². The van der Waals surface area contributed by atoms with E-state index in [9.17, 15) is 4.79 Å². The highest BCUT2D eigenvalue weighted by Crippen LogP contribution is 2.21. The van der Waals surface area contributed by atoms with E-state index in [1.54, 1.807) is 6.33 Å². The van der Waals surface area contributed by atoms with E-state index < -0.39 is 12.0 Å². The summed E-state index contributed by atoms with van der Waals surface area (Å²) in [6.45, 7) is 4.04. The predicted octanol–water partition coefficient (Wildman–Crippen LogP) is 2.99. The first-order valence-corrected chi connectivity index (χ1v) is 8.88. The van der Waals surface area contributed by atoms with Crippen LogP contribution in [0.2, 0.25) is 0 Å². The van der Waals surface area contributed by atoms with Gasteiger partial charge in [-0.1, -0.05) is 55.5 Å². The van der Waals surface area contributed by atoms with Crippen molar-refractivity contribution in [2.24, 2.45) is 12.8 Å². The van der Waals surface area contributed by atoms with Gasteiger partial charge in [0.1, 0.15) is 18.2 Å². The summed E-state index contributed by atoms with van der Waals surface area (Å²) in [5.74, 6) is -0.0239. The lowest BCUT2D eigenvalue weighted by Crippen LogP contribution is -2.32. The third-order valence-electron chi connectivity index (χ3n) is 4.36. The van der Waals surface area contributed by atoms with Crippen molar-refractivity contribution in [3.63, 3.8) is 0 Å². The average molecular weight is 366 g/mol. The molecule has 3 aromatic rings. The summed E-state index contributed by atoms with van der Waals surface area (Å²) in [4.78, 5) is 10.7.